The zero-order valence-electron chi connectivity index (χ0n) is 14.9. The van der Waals surface area contributed by atoms with Gasteiger partial charge in [0.05, 0.1) is 22.0 Å². The highest BCUT2D eigenvalue weighted by molar-refractivity contribution is 6.32. The molecule has 3 aromatic rings. The smallest absolute Gasteiger partial charge is 0.293 e. The number of hydrogen-bond acceptors (Lipinski definition) is 5. The summed E-state index contributed by atoms with van der Waals surface area (Å²) in [5, 5.41) is 21.9. The second-order valence-corrected chi connectivity index (χ2v) is 6.49. The van der Waals surface area contributed by atoms with E-state index in [0.717, 1.165) is 11.1 Å². The molecule has 0 spiro atoms. The molecule has 0 aliphatic rings. The summed E-state index contributed by atoms with van der Waals surface area (Å²) in [7, 11) is 0. The van der Waals surface area contributed by atoms with E-state index in [1.807, 2.05) is 32.0 Å². The molecule has 0 aliphatic carbocycles. The average molecular weight is 386 g/mol. The van der Waals surface area contributed by atoms with Gasteiger partial charge in [-0.05, 0) is 56.2 Å². The molecule has 9 heteroatoms. The SMILES string of the molecule is Cc1ccc(-n2[nH]c(C)c(N=Nc3ccc(Cl)c([N+](=O)[O-])c3)c2=O)cc1C. The Hall–Kier alpha value is -3.26. The molecule has 0 fully saturated rings. The van der Waals surface area contributed by atoms with E-state index in [1.54, 1.807) is 6.92 Å². The van der Waals surface area contributed by atoms with E-state index in [-0.39, 0.29) is 27.6 Å². The Morgan fingerprint density at radius 1 is 1.07 bits per heavy atom. The first-order chi connectivity index (χ1) is 12.8. The highest BCUT2D eigenvalue weighted by Crippen LogP contribution is 2.29. The molecule has 0 amide bonds. The van der Waals surface area contributed by atoms with Crippen LogP contribution in [0.25, 0.3) is 5.69 Å². The van der Waals surface area contributed by atoms with Gasteiger partial charge in [0.25, 0.3) is 11.2 Å². The monoisotopic (exact) mass is 385 g/mol. The molecule has 8 nitrogen and oxygen atoms in total. The minimum absolute atomic E-state index is 0.00821. The molecule has 1 N–H and O–H groups in total. The second-order valence-electron chi connectivity index (χ2n) is 6.09. The van der Waals surface area contributed by atoms with Crippen molar-refractivity contribution in [3.05, 3.63) is 78.7 Å². The first-order valence-electron chi connectivity index (χ1n) is 8.03. The number of benzene rings is 2. The number of halogens is 1. The molecule has 0 bridgehead atoms. The van der Waals surface area contributed by atoms with Crippen molar-refractivity contribution < 1.29 is 4.92 Å². The van der Waals surface area contributed by atoms with E-state index < -0.39 is 4.92 Å². The van der Waals surface area contributed by atoms with Crippen molar-refractivity contribution in [2.75, 3.05) is 0 Å². The van der Waals surface area contributed by atoms with Gasteiger partial charge in [-0.25, -0.2) is 4.68 Å². The summed E-state index contributed by atoms with van der Waals surface area (Å²) < 4.78 is 1.39. The summed E-state index contributed by atoms with van der Waals surface area (Å²) in [5.74, 6) is 0. The first kappa shape index (κ1) is 18.5. The number of rotatable bonds is 4. The van der Waals surface area contributed by atoms with E-state index in [1.165, 1.54) is 22.9 Å². The summed E-state index contributed by atoms with van der Waals surface area (Å²) in [4.78, 5) is 23.0. The van der Waals surface area contributed by atoms with Crippen molar-refractivity contribution in [2.24, 2.45) is 10.2 Å². The summed E-state index contributed by atoms with van der Waals surface area (Å²) in [5.41, 5.74) is 3.13. The lowest BCUT2D eigenvalue weighted by Crippen LogP contribution is -2.14. The van der Waals surface area contributed by atoms with Crippen molar-refractivity contribution >= 4 is 28.7 Å². The Morgan fingerprint density at radius 2 is 1.81 bits per heavy atom. The summed E-state index contributed by atoms with van der Waals surface area (Å²) in [6, 6.07) is 9.73. The van der Waals surface area contributed by atoms with Gasteiger partial charge in [-0.15, -0.1) is 5.11 Å². The molecule has 0 saturated carbocycles. The highest BCUT2D eigenvalue weighted by Gasteiger charge is 2.14. The van der Waals surface area contributed by atoms with E-state index in [2.05, 4.69) is 15.3 Å². The quantitative estimate of drug-likeness (QED) is 0.385. The third-order valence-electron chi connectivity index (χ3n) is 4.18. The number of nitrogens with zero attached hydrogens (tertiary/aromatic N) is 4. The predicted octanol–water partition coefficient (Wildman–Crippen LogP) is 5.07. The molecular formula is C18H16ClN5O3. The summed E-state index contributed by atoms with van der Waals surface area (Å²) in [6.45, 7) is 5.66. The molecule has 1 heterocycles. The molecule has 138 valence electrons. The van der Waals surface area contributed by atoms with Gasteiger partial charge in [0.2, 0.25) is 0 Å². The van der Waals surface area contributed by atoms with Gasteiger partial charge in [-0.1, -0.05) is 17.7 Å². The molecule has 3 rings (SSSR count). The van der Waals surface area contributed by atoms with Gasteiger partial charge >= 0.3 is 0 Å². The van der Waals surface area contributed by atoms with Crippen LogP contribution in [0.4, 0.5) is 17.1 Å². The topological polar surface area (TPSA) is 106 Å². The number of aryl methyl sites for hydroxylation is 3. The fraction of sp³-hybridized carbons (Fsp3) is 0.167. The lowest BCUT2D eigenvalue weighted by Gasteiger charge is -2.05. The maximum atomic E-state index is 12.7. The van der Waals surface area contributed by atoms with Crippen LogP contribution in [0.1, 0.15) is 16.8 Å². The van der Waals surface area contributed by atoms with Crippen molar-refractivity contribution in [1.29, 1.82) is 0 Å². The van der Waals surface area contributed by atoms with Gasteiger partial charge in [0, 0.05) is 6.07 Å². The fourth-order valence-electron chi connectivity index (χ4n) is 2.51. The second kappa shape index (κ2) is 7.16. The van der Waals surface area contributed by atoms with Crippen LogP contribution in [-0.4, -0.2) is 14.7 Å². The van der Waals surface area contributed by atoms with Crippen molar-refractivity contribution in [1.82, 2.24) is 9.78 Å². The van der Waals surface area contributed by atoms with Crippen LogP contribution in [0.3, 0.4) is 0 Å². The van der Waals surface area contributed by atoms with Crippen LogP contribution in [0, 0.1) is 30.9 Å². The van der Waals surface area contributed by atoms with Crippen LogP contribution in [-0.2, 0) is 0 Å². The minimum Gasteiger partial charge on any atom is -0.293 e. The summed E-state index contributed by atoms with van der Waals surface area (Å²) in [6.07, 6.45) is 0. The molecule has 0 saturated heterocycles. The molecule has 2 aromatic carbocycles. The third kappa shape index (κ3) is 3.65. The van der Waals surface area contributed by atoms with Crippen molar-refractivity contribution in [3.63, 3.8) is 0 Å². The Bertz CT molecular complexity index is 1130. The van der Waals surface area contributed by atoms with Gasteiger partial charge < -0.3 is 0 Å². The van der Waals surface area contributed by atoms with Gasteiger partial charge in [-0.2, -0.15) is 5.11 Å². The number of nitrogens with one attached hydrogen (secondary N) is 1. The molecule has 1 aromatic heterocycles. The first-order valence-corrected chi connectivity index (χ1v) is 8.40. The Morgan fingerprint density at radius 3 is 2.48 bits per heavy atom. The van der Waals surface area contributed by atoms with E-state index in [0.29, 0.717) is 11.4 Å². The number of H-pyrrole nitrogens is 1. The van der Waals surface area contributed by atoms with E-state index in [9.17, 15) is 14.9 Å². The lowest BCUT2D eigenvalue weighted by atomic mass is 10.1. The Kier molecular flexibility index (Phi) is 4.91. The van der Waals surface area contributed by atoms with Gasteiger partial charge in [0.15, 0.2) is 5.69 Å². The molecular weight excluding hydrogens is 370 g/mol. The van der Waals surface area contributed by atoms with Crippen LogP contribution in [0.5, 0.6) is 0 Å². The predicted molar refractivity (Wildman–Crippen MR) is 103 cm³/mol. The maximum absolute atomic E-state index is 12.7. The largest absolute Gasteiger partial charge is 0.299 e. The molecule has 0 aliphatic heterocycles. The van der Waals surface area contributed by atoms with Gasteiger partial charge in [0.1, 0.15) is 5.02 Å². The Balaban J connectivity index is 1.99. The number of aromatic amines is 1. The minimum atomic E-state index is -0.602. The van der Waals surface area contributed by atoms with E-state index >= 15 is 0 Å². The number of azo groups is 1. The highest BCUT2D eigenvalue weighted by atomic mass is 35.5. The van der Waals surface area contributed by atoms with Gasteiger partial charge in [-0.3, -0.25) is 20.0 Å². The van der Waals surface area contributed by atoms with Crippen molar-refractivity contribution in [3.8, 4) is 5.69 Å². The molecule has 27 heavy (non-hydrogen) atoms. The van der Waals surface area contributed by atoms with Crippen LogP contribution >= 0.6 is 11.6 Å². The third-order valence-corrected chi connectivity index (χ3v) is 4.50. The normalized spacial score (nSPS) is 11.3. The van der Waals surface area contributed by atoms with Crippen LogP contribution < -0.4 is 5.56 Å². The number of hydrogen-bond donors (Lipinski definition) is 1. The zero-order chi connectivity index (χ0) is 19.7. The van der Waals surface area contributed by atoms with E-state index in [4.69, 9.17) is 11.6 Å². The fourth-order valence-corrected chi connectivity index (χ4v) is 2.70. The number of aromatic nitrogens is 2. The number of nitro groups is 1. The van der Waals surface area contributed by atoms with Crippen LogP contribution in [0.15, 0.2) is 51.4 Å². The summed E-state index contributed by atoms with van der Waals surface area (Å²) >= 11 is 5.78. The van der Waals surface area contributed by atoms with Crippen molar-refractivity contribution in [2.45, 2.75) is 20.8 Å². The average Bonchev–Trinajstić information content (AvgIpc) is 2.90. The maximum Gasteiger partial charge on any atom is 0.299 e. The standard InChI is InChI=1S/C18H16ClN5O3/c1-10-4-6-14(8-11(10)2)23-18(25)17(12(3)22-23)21-20-13-5-7-15(19)16(9-13)24(26)27/h4-9,22H,1-3H3. The zero-order valence-corrected chi connectivity index (χ0v) is 15.6. The lowest BCUT2D eigenvalue weighted by molar-refractivity contribution is -0.384. The Labute approximate surface area is 159 Å². The number of nitro benzene ring substituents is 1. The molecule has 0 radical (unpaired) electrons. The molecule has 0 unspecified atom stereocenters. The van der Waals surface area contributed by atoms with Crippen LogP contribution in [0.2, 0.25) is 5.02 Å². The molecule has 0 atom stereocenters.